The van der Waals surface area contributed by atoms with Gasteiger partial charge < -0.3 is 9.72 Å². The second-order valence-electron chi connectivity index (χ2n) is 4.30. The van der Waals surface area contributed by atoms with Gasteiger partial charge >= 0.3 is 0 Å². The SMILES string of the molecule is COc1ccc2nc(Sc3cccc(F)c3C=O)[nH]c2c1. The number of rotatable bonds is 4. The van der Waals surface area contributed by atoms with Gasteiger partial charge in [-0.2, -0.15) is 0 Å². The van der Waals surface area contributed by atoms with E-state index in [-0.39, 0.29) is 5.56 Å². The van der Waals surface area contributed by atoms with Crippen molar-refractivity contribution in [1.82, 2.24) is 9.97 Å². The molecule has 0 unspecified atom stereocenters. The molecular weight excluding hydrogens is 291 g/mol. The van der Waals surface area contributed by atoms with Gasteiger partial charge in [0.25, 0.3) is 0 Å². The van der Waals surface area contributed by atoms with E-state index in [1.54, 1.807) is 19.2 Å². The molecule has 106 valence electrons. The number of aldehydes is 1. The van der Waals surface area contributed by atoms with Crippen LogP contribution in [0, 0.1) is 5.82 Å². The number of imidazole rings is 1. The first kappa shape index (κ1) is 13.6. The van der Waals surface area contributed by atoms with E-state index in [2.05, 4.69) is 9.97 Å². The van der Waals surface area contributed by atoms with Crippen LogP contribution >= 0.6 is 11.8 Å². The lowest BCUT2D eigenvalue weighted by molar-refractivity contribution is 0.111. The van der Waals surface area contributed by atoms with E-state index in [4.69, 9.17) is 4.74 Å². The minimum atomic E-state index is -0.534. The summed E-state index contributed by atoms with van der Waals surface area (Å²) in [7, 11) is 1.59. The molecule has 0 fully saturated rings. The van der Waals surface area contributed by atoms with Crippen LogP contribution in [0.5, 0.6) is 5.75 Å². The van der Waals surface area contributed by atoms with Crippen molar-refractivity contribution >= 4 is 29.1 Å². The predicted molar refractivity (Wildman–Crippen MR) is 78.6 cm³/mol. The van der Waals surface area contributed by atoms with Crippen molar-refractivity contribution in [3.8, 4) is 5.75 Å². The van der Waals surface area contributed by atoms with Crippen molar-refractivity contribution in [2.75, 3.05) is 7.11 Å². The fourth-order valence-electron chi connectivity index (χ4n) is 1.97. The average Bonchev–Trinajstić information content (AvgIpc) is 2.88. The number of carbonyl (C=O) groups is 1. The highest BCUT2D eigenvalue weighted by atomic mass is 32.2. The normalized spacial score (nSPS) is 10.8. The van der Waals surface area contributed by atoms with Crippen LogP contribution in [-0.2, 0) is 0 Å². The van der Waals surface area contributed by atoms with Crippen LogP contribution in [0.15, 0.2) is 46.5 Å². The van der Waals surface area contributed by atoms with Crippen LogP contribution in [0.25, 0.3) is 11.0 Å². The van der Waals surface area contributed by atoms with Gasteiger partial charge in [0, 0.05) is 11.0 Å². The second-order valence-corrected chi connectivity index (χ2v) is 5.33. The third kappa shape index (κ3) is 2.62. The van der Waals surface area contributed by atoms with Gasteiger partial charge in [0.2, 0.25) is 0 Å². The molecule has 6 heteroatoms. The van der Waals surface area contributed by atoms with Gasteiger partial charge in [-0.3, -0.25) is 4.79 Å². The lowest BCUT2D eigenvalue weighted by Gasteiger charge is -2.02. The molecule has 0 saturated heterocycles. The maximum Gasteiger partial charge on any atom is 0.171 e. The number of H-pyrrole nitrogens is 1. The van der Waals surface area contributed by atoms with Crippen LogP contribution < -0.4 is 4.74 Å². The van der Waals surface area contributed by atoms with Gasteiger partial charge in [0.15, 0.2) is 11.4 Å². The van der Waals surface area contributed by atoms with Gasteiger partial charge in [-0.05, 0) is 24.3 Å². The first-order chi connectivity index (χ1) is 10.2. The fraction of sp³-hybridized carbons (Fsp3) is 0.0667. The van der Waals surface area contributed by atoms with E-state index in [0.717, 1.165) is 16.8 Å². The van der Waals surface area contributed by atoms with Crippen molar-refractivity contribution in [2.45, 2.75) is 10.1 Å². The molecule has 0 radical (unpaired) electrons. The lowest BCUT2D eigenvalue weighted by atomic mass is 10.2. The molecule has 0 saturated carbocycles. The maximum atomic E-state index is 13.6. The fourth-order valence-corrected chi connectivity index (χ4v) is 2.88. The first-order valence-corrected chi connectivity index (χ1v) is 6.98. The molecule has 1 heterocycles. The van der Waals surface area contributed by atoms with E-state index < -0.39 is 5.82 Å². The van der Waals surface area contributed by atoms with Crippen LogP contribution in [0.1, 0.15) is 10.4 Å². The molecule has 3 rings (SSSR count). The Balaban J connectivity index is 1.98. The average molecular weight is 302 g/mol. The zero-order valence-electron chi connectivity index (χ0n) is 11.1. The van der Waals surface area contributed by atoms with E-state index in [9.17, 15) is 9.18 Å². The largest absolute Gasteiger partial charge is 0.497 e. The molecular formula is C15H11FN2O2S. The Morgan fingerprint density at radius 2 is 2.19 bits per heavy atom. The zero-order chi connectivity index (χ0) is 14.8. The standard InChI is InChI=1S/C15H11FN2O2S/c1-20-9-5-6-12-13(7-9)18-15(17-12)21-14-4-2-3-11(16)10(14)8-19/h2-8H,1H3,(H,17,18). The number of aromatic nitrogens is 2. The molecule has 2 aromatic carbocycles. The highest BCUT2D eigenvalue weighted by Crippen LogP contribution is 2.31. The van der Waals surface area contributed by atoms with Crippen molar-refractivity contribution in [3.63, 3.8) is 0 Å². The maximum absolute atomic E-state index is 13.6. The number of aromatic amines is 1. The van der Waals surface area contributed by atoms with Crippen LogP contribution in [0.3, 0.4) is 0 Å². The number of fused-ring (bicyclic) bond motifs is 1. The molecule has 21 heavy (non-hydrogen) atoms. The number of methoxy groups -OCH3 is 1. The predicted octanol–water partition coefficient (Wildman–Crippen LogP) is 3.67. The molecule has 4 nitrogen and oxygen atoms in total. The summed E-state index contributed by atoms with van der Waals surface area (Å²) in [4.78, 5) is 19.0. The summed E-state index contributed by atoms with van der Waals surface area (Å²) in [5, 5.41) is 0.590. The first-order valence-electron chi connectivity index (χ1n) is 6.16. The minimum Gasteiger partial charge on any atom is -0.497 e. The molecule has 0 amide bonds. The van der Waals surface area contributed by atoms with E-state index in [0.29, 0.717) is 16.3 Å². The monoisotopic (exact) mass is 302 g/mol. The quantitative estimate of drug-likeness (QED) is 0.747. The Morgan fingerprint density at radius 1 is 1.33 bits per heavy atom. The van der Waals surface area contributed by atoms with E-state index in [1.165, 1.54) is 17.8 Å². The van der Waals surface area contributed by atoms with Crippen molar-refractivity contribution in [2.24, 2.45) is 0 Å². The van der Waals surface area contributed by atoms with E-state index in [1.807, 2.05) is 18.2 Å². The summed E-state index contributed by atoms with van der Waals surface area (Å²) in [5.41, 5.74) is 1.64. The Bertz CT molecular complexity index is 817. The number of benzene rings is 2. The zero-order valence-corrected chi connectivity index (χ0v) is 11.9. The topological polar surface area (TPSA) is 55.0 Å². The molecule has 0 bridgehead atoms. The third-order valence-corrected chi connectivity index (χ3v) is 3.97. The van der Waals surface area contributed by atoms with E-state index >= 15 is 0 Å². The smallest absolute Gasteiger partial charge is 0.171 e. The molecule has 0 spiro atoms. The van der Waals surface area contributed by atoms with Crippen molar-refractivity contribution in [3.05, 3.63) is 47.8 Å². The van der Waals surface area contributed by atoms with Gasteiger partial charge in [0.1, 0.15) is 11.6 Å². The number of hydrogen-bond acceptors (Lipinski definition) is 4. The van der Waals surface area contributed by atoms with Crippen LogP contribution in [0.2, 0.25) is 0 Å². The number of halogens is 1. The Labute approximate surface area is 124 Å². The summed E-state index contributed by atoms with van der Waals surface area (Å²) in [5.74, 6) is 0.190. The third-order valence-electron chi connectivity index (χ3n) is 3.00. The molecule has 1 aromatic heterocycles. The van der Waals surface area contributed by atoms with Gasteiger partial charge in [-0.15, -0.1) is 0 Å². The van der Waals surface area contributed by atoms with Gasteiger partial charge in [0.05, 0.1) is 23.7 Å². The molecule has 0 aliphatic rings. The van der Waals surface area contributed by atoms with Crippen molar-refractivity contribution in [1.29, 1.82) is 0 Å². The van der Waals surface area contributed by atoms with Gasteiger partial charge in [-0.1, -0.05) is 17.8 Å². The van der Waals surface area contributed by atoms with Gasteiger partial charge in [-0.25, -0.2) is 9.37 Å². The summed E-state index contributed by atoms with van der Waals surface area (Å²) < 4.78 is 18.7. The second kappa shape index (κ2) is 5.57. The number of nitrogens with one attached hydrogen (secondary N) is 1. The number of carbonyl (C=O) groups excluding carboxylic acids is 1. The Kier molecular flexibility index (Phi) is 3.62. The number of hydrogen-bond donors (Lipinski definition) is 1. The Hall–Kier alpha value is -2.34. The highest BCUT2D eigenvalue weighted by Gasteiger charge is 2.11. The minimum absolute atomic E-state index is 0.0422. The summed E-state index contributed by atoms with van der Waals surface area (Å²) in [6, 6.07) is 10.00. The number of nitrogens with zero attached hydrogens (tertiary/aromatic N) is 1. The summed E-state index contributed by atoms with van der Waals surface area (Å²) >= 11 is 1.21. The molecule has 0 aliphatic heterocycles. The molecule has 3 aromatic rings. The van der Waals surface area contributed by atoms with Crippen LogP contribution in [-0.4, -0.2) is 23.4 Å². The van der Waals surface area contributed by atoms with Crippen molar-refractivity contribution < 1.29 is 13.9 Å². The molecule has 0 atom stereocenters. The summed E-state index contributed by atoms with van der Waals surface area (Å²) in [6.07, 6.45) is 0.517. The number of ether oxygens (including phenoxy) is 1. The highest BCUT2D eigenvalue weighted by molar-refractivity contribution is 7.99. The molecule has 0 aliphatic carbocycles. The molecule has 1 N–H and O–H groups in total. The Morgan fingerprint density at radius 3 is 2.95 bits per heavy atom. The summed E-state index contributed by atoms with van der Waals surface area (Å²) in [6.45, 7) is 0. The van der Waals surface area contributed by atoms with Crippen LogP contribution in [0.4, 0.5) is 4.39 Å². The lowest BCUT2D eigenvalue weighted by Crippen LogP contribution is -1.91.